The Morgan fingerprint density at radius 2 is 1.65 bits per heavy atom. The van der Waals surface area contributed by atoms with Gasteiger partial charge in [-0.2, -0.15) is 0 Å². The predicted molar refractivity (Wildman–Crippen MR) is 108 cm³/mol. The lowest BCUT2D eigenvalue weighted by Gasteiger charge is -2.24. The molecule has 0 bridgehead atoms. The second-order valence-corrected chi connectivity index (χ2v) is 7.71. The third kappa shape index (κ3) is 3.40. The van der Waals surface area contributed by atoms with Gasteiger partial charge in [-0.15, -0.1) is 0 Å². The summed E-state index contributed by atoms with van der Waals surface area (Å²) in [6.45, 7) is 7.37. The third-order valence-electron chi connectivity index (χ3n) is 4.41. The van der Waals surface area contributed by atoms with E-state index in [9.17, 15) is 0 Å². The number of nitrogens with one attached hydrogen (secondary N) is 1. The minimum atomic E-state index is -0.0670. The van der Waals surface area contributed by atoms with E-state index in [1.807, 2.05) is 18.2 Å². The van der Waals surface area contributed by atoms with Crippen LogP contribution in [0.4, 0.5) is 17.3 Å². The van der Waals surface area contributed by atoms with Crippen LogP contribution in [0.25, 0.3) is 11.4 Å². The fraction of sp³-hybridized carbons (Fsp3) is 0.273. The van der Waals surface area contributed by atoms with Crippen molar-refractivity contribution in [3.8, 4) is 11.4 Å². The average molecular weight is 344 g/mol. The zero-order valence-electron chi connectivity index (χ0n) is 15.5. The SMILES string of the molecule is CC(C)(C)Nc1cc(N2CCc3ccccc32)nc(-c2ccccc2)n1. The van der Waals surface area contributed by atoms with E-state index < -0.39 is 0 Å². The molecule has 0 aliphatic carbocycles. The standard InChI is InChI=1S/C22H24N4/c1-22(2,3)25-19-15-20(24-21(23-19)17-10-5-4-6-11-17)26-14-13-16-9-7-8-12-18(16)26/h4-12,15H,13-14H2,1-3H3,(H,23,24,25). The number of fused-ring (bicyclic) bond motifs is 1. The topological polar surface area (TPSA) is 41.0 Å². The molecule has 0 saturated carbocycles. The van der Waals surface area contributed by atoms with Crippen LogP contribution in [-0.4, -0.2) is 22.1 Å². The lowest BCUT2D eigenvalue weighted by molar-refractivity contribution is 0.630. The molecule has 1 aromatic heterocycles. The fourth-order valence-corrected chi connectivity index (χ4v) is 3.31. The van der Waals surface area contributed by atoms with Crippen LogP contribution < -0.4 is 10.2 Å². The van der Waals surface area contributed by atoms with E-state index in [1.165, 1.54) is 11.3 Å². The first-order chi connectivity index (χ1) is 12.5. The summed E-state index contributed by atoms with van der Waals surface area (Å²) in [5.41, 5.74) is 3.58. The molecule has 4 nitrogen and oxygen atoms in total. The van der Waals surface area contributed by atoms with Crippen LogP contribution in [-0.2, 0) is 6.42 Å². The highest BCUT2D eigenvalue weighted by Crippen LogP contribution is 2.35. The summed E-state index contributed by atoms with van der Waals surface area (Å²) in [5, 5.41) is 3.50. The lowest BCUT2D eigenvalue weighted by Crippen LogP contribution is -2.27. The molecule has 1 N–H and O–H groups in total. The van der Waals surface area contributed by atoms with Gasteiger partial charge in [0.05, 0.1) is 0 Å². The Balaban J connectivity index is 1.80. The van der Waals surface area contributed by atoms with Gasteiger partial charge >= 0.3 is 0 Å². The molecular formula is C22H24N4. The van der Waals surface area contributed by atoms with Gasteiger partial charge in [0.1, 0.15) is 11.6 Å². The second-order valence-electron chi connectivity index (χ2n) is 7.71. The number of nitrogens with zero attached hydrogens (tertiary/aromatic N) is 3. The Bertz CT molecular complexity index is 913. The van der Waals surface area contributed by atoms with Crippen molar-refractivity contribution >= 4 is 17.3 Å². The van der Waals surface area contributed by atoms with Crippen molar-refractivity contribution in [3.63, 3.8) is 0 Å². The average Bonchev–Trinajstić information content (AvgIpc) is 3.05. The molecule has 3 aromatic rings. The number of aromatic nitrogens is 2. The molecule has 1 aliphatic rings. The Hall–Kier alpha value is -2.88. The maximum atomic E-state index is 4.89. The molecule has 0 saturated heterocycles. The van der Waals surface area contributed by atoms with Gasteiger partial charge in [0.2, 0.25) is 0 Å². The first-order valence-corrected chi connectivity index (χ1v) is 9.08. The zero-order valence-corrected chi connectivity index (χ0v) is 15.5. The summed E-state index contributed by atoms with van der Waals surface area (Å²) >= 11 is 0. The van der Waals surface area contributed by atoms with E-state index in [0.717, 1.165) is 36.0 Å². The van der Waals surface area contributed by atoms with Crippen molar-refractivity contribution in [2.75, 3.05) is 16.8 Å². The minimum absolute atomic E-state index is 0.0670. The number of hydrogen-bond acceptors (Lipinski definition) is 4. The van der Waals surface area contributed by atoms with E-state index in [4.69, 9.17) is 9.97 Å². The van der Waals surface area contributed by atoms with Gasteiger partial charge < -0.3 is 10.2 Å². The van der Waals surface area contributed by atoms with E-state index in [2.05, 4.69) is 73.5 Å². The first-order valence-electron chi connectivity index (χ1n) is 9.08. The van der Waals surface area contributed by atoms with Crippen molar-refractivity contribution in [1.29, 1.82) is 0 Å². The quantitative estimate of drug-likeness (QED) is 0.722. The van der Waals surface area contributed by atoms with Crippen molar-refractivity contribution in [2.45, 2.75) is 32.7 Å². The van der Waals surface area contributed by atoms with Crippen LogP contribution in [0.5, 0.6) is 0 Å². The molecule has 26 heavy (non-hydrogen) atoms. The van der Waals surface area contributed by atoms with Crippen molar-refractivity contribution in [2.24, 2.45) is 0 Å². The van der Waals surface area contributed by atoms with E-state index in [0.29, 0.717) is 0 Å². The summed E-state index contributed by atoms with van der Waals surface area (Å²) < 4.78 is 0. The number of hydrogen-bond donors (Lipinski definition) is 1. The summed E-state index contributed by atoms with van der Waals surface area (Å²) in [4.78, 5) is 11.9. The minimum Gasteiger partial charge on any atom is -0.365 e. The van der Waals surface area contributed by atoms with Gasteiger partial charge in [-0.25, -0.2) is 9.97 Å². The highest BCUT2D eigenvalue weighted by Gasteiger charge is 2.23. The molecule has 0 fully saturated rings. The molecule has 4 rings (SSSR count). The van der Waals surface area contributed by atoms with Crippen LogP contribution >= 0.6 is 0 Å². The van der Waals surface area contributed by atoms with Crippen LogP contribution in [0.1, 0.15) is 26.3 Å². The van der Waals surface area contributed by atoms with Gasteiger partial charge in [-0.1, -0.05) is 48.5 Å². The van der Waals surface area contributed by atoms with Crippen molar-refractivity contribution < 1.29 is 0 Å². The molecular weight excluding hydrogens is 320 g/mol. The molecule has 1 aliphatic heterocycles. The van der Waals surface area contributed by atoms with Crippen molar-refractivity contribution in [1.82, 2.24) is 9.97 Å². The molecule has 4 heteroatoms. The molecule has 0 spiro atoms. The summed E-state index contributed by atoms with van der Waals surface area (Å²) in [6, 6.07) is 20.8. The molecule has 0 amide bonds. The van der Waals surface area contributed by atoms with Crippen LogP contribution in [0, 0.1) is 0 Å². The Morgan fingerprint density at radius 1 is 0.923 bits per heavy atom. The molecule has 0 atom stereocenters. The Morgan fingerprint density at radius 3 is 2.42 bits per heavy atom. The third-order valence-corrected chi connectivity index (χ3v) is 4.41. The van der Waals surface area contributed by atoms with Gasteiger partial charge in [0.15, 0.2) is 5.82 Å². The van der Waals surface area contributed by atoms with Gasteiger partial charge in [-0.05, 0) is 38.8 Å². The zero-order chi connectivity index (χ0) is 18.1. The molecule has 132 valence electrons. The number of rotatable bonds is 3. The molecule has 2 heterocycles. The van der Waals surface area contributed by atoms with Gasteiger partial charge in [0.25, 0.3) is 0 Å². The largest absolute Gasteiger partial charge is 0.365 e. The highest BCUT2D eigenvalue weighted by molar-refractivity contribution is 5.71. The summed E-state index contributed by atoms with van der Waals surface area (Å²) in [6.07, 6.45) is 1.04. The number of anilines is 3. The number of para-hydroxylation sites is 1. The van der Waals surface area contributed by atoms with E-state index in [-0.39, 0.29) is 5.54 Å². The smallest absolute Gasteiger partial charge is 0.163 e. The normalized spacial score (nSPS) is 13.6. The van der Waals surface area contributed by atoms with E-state index in [1.54, 1.807) is 0 Å². The monoisotopic (exact) mass is 344 g/mol. The first kappa shape index (κ1) is 16.6. The Labute approximate surface area is 154 Å². The van der Waals surface area contributed by atoms with Crippen LogP contribution in [0.3, 0.4) is 0 Å². The Kier molecular flexibility index (Phi) is 4.11. The van der Waals surface area contributed by atoms with E-state index >= 15 is 0 Å². The van der Waals surface area contributed by atoms with Crippen LogP contribution in [0.2, 0.25) is 0 Å². The molecule has 2 aromatic carbocycles. The number of benzene rings is 2. The maximum Gasteiger partial charge on any atom is 0.163 e. The second kappa shape index (κ2) is 6.45. The highest BCUT2D eigenvalue weighted by atomic mass is 15.2. The predicted octanol–water partition coefficient (Wildman–Crippen LogP) is 5.05. The van der Waals surface area contributed by atoms with Gasteiger partial charge in [-0.3, -0.25) is 0 Å². The van der Waals surface area contributed by atoms with Crippen LogP contribution in [0.15, 0.2) is 60.7 Å². The maximum absolute atomic E-state index is 4.89. The fourth-order valence-electron chi connectivity index (χ4n) is 3.31. The summed E-state index contributed by atoms with van der Waals surface area (Å²) in [7, 11) is 0. The van der Waals surface area contributed by atoms with Gasteiger partial charge in [0, 0.05) is 29.4 Å². The lowest BCUT2D eigenvalue weighted by atomic mass is 10.1. The molecule has 0 unspecified atom stereocenters. The molecule has 0 radical (unpaired) electrons. The summed E-state index contributed by atoms with van der Waals surface area (Å²) in [5.74, 6) is 2.54. The van der Waals surface area contributed by atoms with Crippen molar-refractivity contribution in [3.05, 3.63) is 66.2 Å².